The summed E-state index contributed by atoms with van der Waals surface area (Å²) in [5.74, 6) is 0. The fourth-order valence-corrected chi connectivity index (χ4v) is 0.612. The van der Waals surface area contributed by atoms with Crippen LogP contribution in [0.3, 0.4) is 0 Å². The third-order valence-corrected chi connectivity index (χ3v) is 1.19. The molecule has 0 N–H and O–H groups in total. The highest BCUT2D eigenvalue weighted by Gasteiger charge is 2.20. The molecule has 0 aliphatic carbocycles. The van der Waals surface area contributed by atoms with E-state index in [0.717, 1.165) is 0 Å². The molecule has 1 aliphatic heterocycles. The van der Waals surface area contributed by atoms with Crippen LogP contribution in [0.2, 0.25) is 0 Å². The first kappa shape index (κ1) is 6.53. The van der Waals surface area contributed by atoms with Crippen molar-refractivity contribution < 1.29 is 9.47 Å². The fraction of sp³-hybridized carbons (Fsp3) is 0.833. The van der Waals surface area contributed by atoms with Gasteiger partial charge in [-0.15, -0.1) is 0 Å². The predicted octanol–water partition coefficient (Wildman–Crippen LogP) is 0.314. The van der Waals surface area contributed by atoms with E-state index in [1.807, 2.05) is 6.07 Å². The van der Waals surface area contributed by atoms with Gasteiger partial charge in [-0.2, -0.15) is 5.26 Å². The first-order chi connectivity index (χ1) is 4.33. The standard InChI is InChI=1S/C6H9NO2/c1-5(2-7)9-6-3-8-4-6/h5-6H,3-4H2,1H3. The third-order valence-electron chi connectivity index (χ3n) is 1.19. The molecule has 1 heterocycles. The zero-order valence-corrected chi connectivity index (χ0v) is 5.33. The van der Waals surface area contributed by atoms with Gasteiger partial charge in [-0.05, 0) is 6.92 Å². The number of hydrogen-bond donors (Lipinski definition) is 0. The SMILES string of the molecule is CC(C#N)OC1COC1. The summed E-state index contributed by atoms with van der Waals surface area (Å²) in [5.41, 5.74) is 0. The van der Waals surface area contributed by atoms with Gasteiger partial charge in [0.1, 0.15) is 12.2 Å². The Labute approximate surface area is 54.2 Å². The van der Waals surface area contributed by atoms with Crippen molar-refractivity contribution in [3.05, 3.63) is 0 Å². The van der Waals surface area contributed by atoms with Gasteiger partial charge in [-0.25, -0.2) is 0 Å². The van der Waals surface area contributed by atoms with Gasteiger partial charge in [-0.1, -0.05) is 0 Å². The van der Waals surface area contributed by atoms with Gasteiger partial charge in [-0.3, -0.25) is 0 Å². The van der Waals surface area contributed by atoms with Crippen molar-refractivity contribution in [2.24, 2.45) is 0 Å². The van der Waals surface area contributed by atoms with E-state index in [1.54, 1.807) is 6.92 Å². The fourth-order valence-electron chi connectivity index (χ4n) is 0.612. The summed E-state index contributed by atoms with van der Waals surface area (Å²) in [5, 5.41) is 8.29. The normalized spacial score (nSPS) is 22.2. The summed E-state index contributed by atoms with van der Waals surface area (Å²) < 4.78 is 10.00. The molecule has 1 fully saturated rings. The van der Waals surface area contributed by atoms with Crippen LogP contribution in [0.1, 0.15) is 6.92 Å². The minimum Gasteiger partial charge on any atom is -0.376 e. The number of rotatable bonds is 2. The molecule has 1 aliphatic rings. The van der Waals surface area contributed by atoms with E-state index in [9.17, 15) is 0 Å². The molecule has 0 aromatic heterocycles. The molecule has 1 atom stereocenters. The van der Waals surface area contributed by atoms with E-state index in [2.05, 4.69) is 0 Å². The highest BCUT2D eigenvalue weighted by molar-refractivity contribution is 4.81. The predicted molar refractivity (Wildman–Crippen MR) is 30.8 cm³/mol. The highest BCUT2D eigenvalue weighted by atomic mass is 16.6. The van der Waals surface area contributed by atoms with Crippen LogP contribution in [0.15, 0.2) is 0 Å². The molecule has 9 heavy (non-hydrogen) atoms. The topological polar surface area (TPSA) is 42.2 Å². The molecular formula is C6H9NO2. The molecule has 3 nitrogen and oxygen atoms in total. The van der Waals surface area contributed by atoms with Crippen LogP contribution in [0.25, 0.3) is 0 Å². The van der Waals surface area contributed by atoms with Crippen LogP contribution in [-0.2, 0) is 9.47 Å². The lowest BCUT2D eigenvalue weighted by atomic mass is 10.3. The van der Waals surface area contributed by atoms with Gasteiger partial charge in [0.15, 0.2) is 0 Å². The third kappa shape index (κ3) is 1.67. The van der Waals surface area contributed by atoms with Crippen molar-refractivity contribution >= 4 is 0 Å². The molecule has 3 heteroatoms. The van der Waals surface area contributed by atoms with Gasteiger partial charge < -0.3 is 9.47 Å². The Bertz CT molecular complexity index is 126. The molecule has 0 radical (unpaired) electrons. The number of hydrogen-bond acceptors (Lipinski definition) is 3. The molecular weight excluding hydrogens is 118 g/mol. The molecule has 50 valence electrons. The van der Waals surface area contributed by atoms with Gasteiger partial charge in [0.2, 0.25) is 0 Å². The summed E-state index contributed by atoms with van der Waals surface area (Å²) in [4.78, 5) is 0. The second-order valence-electron chi connectivity index (χ2n) is 2.07. The van der Waals surface area contributed by atoms with Crippen LogP contribution < -0.4 is 0 Å². The van der Waals surface area contributed by atoms with Gasteiger partial charge in [0.05, 0.1) is 19.3 Å². The van der Waals surface area contributed by atoms with Gasteiger partial charge >= 0.3 is 0 Å². The molecule has 0 bridgehead atoms. The zero-order chi connectivity index (χ0) is 6.69. The zero-order valence-electron chi connectivity index (χ0n) is 5.33. The maximum atomic E-state index is 8.29. The van der Waals surface area contributed by atoms with Crippen molar-refractivity contribution in [3.8, 4) is 6.07 Å². The summed E-state index contributed by atoms with van der Waals surface area (Å²) >= 11 is 0. The highest BCUT2D eigenvalue weighted by Crippen LogP contribution is 2.07. The van der Waals surface area contributed by atoms with E-state index in [4.69, 9.17) is 14.7 Å². The van der Waals surface area contributed by atoms with E-state index < -0.39 is 0 Å². The first-order valence-electron chi connectivity index (χ1n) is 2.95. The summed E-state index contributed by atoms with van der Waals surface area (Å²) in [7, 11) is 0. The minimum atomic E-state index is -0.293. The number of nitrogens with zero attached hydrogens (tertiary/aromatic N) is 1. The molecule has 0 amide bonds. The average Bonchev–Trinajstić information content (AvgIpc) is 1.78. The Morgan fingerprint density at radius 2 is 2.44 bits per heavy atom. The Morgan fingerprint density at radius 3 is 2.78 bits per heavy atom. The van der Waals surface area contributed by atoms with Crippen LogP contribution >= 0.6 is 0 Å². The maximum Gasteiger partial charge on any atom is 0.141 e. The second kappa shape index (κ2) is 2.81. The monoisotopic (exact) mass is 127 g/mol. The lowest BCUT2D eigenvalue weighted by Gasteiger charge is -2.26. The molecule has 1 unspecified atom stereocenters. The molecule has 0 aromatic carbocycles. The number of nitriles is 1. The van der Waals surface area contributed by atoms with Crippen molar-refractivity contribution in [1.29, 1.82) is 5.26 Å². The Morgan fingerprint density at radius 1 is 1.78 bits per heavy atom. The Hall–Kier alpha value is -0.590. The Kier molecular flexibility index (Phi) is 2.04. The number of ether oxygens (including phenoxy) is 2. The van der Waals surface area contributed by atoms with Gasteiger partial charge in [0, 0.05) is 0 Å². The minimum absolute atomic E-state index is 0.166. The summed E-state index contributed by atoms with van der Waals surface area (Å²) in [6, 6.07) is 1.99. The smallest absolute Gasteiger partial charge is 0.141 e. The van der Waals surface area contributed by atoms with E-state index >= 15 is 0 Å². The van der Waals surface area contributed by atoms with Gasteiger partial charge in [0.25, 0.3) is 0 Å². The molecule has 0 spiro atoms. The van der Waals surface area contributed by atoms with Crippen molar-refractivity contribution in [2.45, 2.75) is 19.1 Å². The van der Waals surface area contributed by atoms with E-state index in [0.29, 0.717) is 13.2 Å². The molecule has 1 rings (SSSR count). The molecule has 1 saturated heterocycles. The van der Waals surface area contributed by atoms with Crippen LogP contribution in [0, 0.1) is 11.3 Å². The molecule has 0 aromatic rings. The summed E-state index contributed by atoms with van der Waals surface area (Å²) in [6.45, 7) is 3.02. The van der Waals surface area contributed by atoms with E-state index in [1.165, 1.54) is 0 Å². The van der Waals surface area contributed by atoms with Crippen LogP contribution in [-0.4, -0.2) is 25.4 Å². The van der Waals surface area contributed by atoms with Crippen molar-refractivity contribution in [1.82, 2.24) is 0 Å². The quantitative estimate of drug-likeness (QED) is 0.536. The van der Waals surface area contributed by atoms with E-state index in [-0.39, 0.29) is 12.2 Å². The van der Waals surface area contributed by atoms with Crippen molar-refractivity contribution in [3.63, 3.8) is 0 Å². The lowest BCUT2D eigenvalue weighted by molar-refractivity contribution is -0.139. The summed E-state index contributed by atoms with van der Waals surface area (Å²) in [6.07, 6.45) is -0.126. The average molecular weight is 127 g/mol. The Balaban J connectivity index is 2.10. The maximum absolute atomic E-state index is 8.29. The largest absolute Gasteiger partial charge is 0.376 e. The lowest BCUT2D eigenvalue weighted by Crippen LogP contribution is -2.38. The van der Waals surface area contributed by atoms with Crippen LogP contribution in [0.4, 0.5) is 0 Å². The van der Waals surface area contributed by atoms with Crippen LogP contribution in [0.5, 0.6) is 0 Å². The van der Waals surface area contributed by atoms with Crippen molar-refractivity contribution in [2.75, 3.05) is 13.2 Å². The first-order valence-corrected chi connectivity index (χ1v) is 2.95. The molecule has 0 saturated carbocycles. The second-order valence-corrected chi connectivity index (χ2v) is 2.07.